The monoisotopic (exact) mass is 274 g/mol. The van der Waals surface area contributed by atoms with Crippen molar-refractivity contribution in [1.29, 1.82) is 0 Å². The molecule has 20 heavy (non-hydrogen) atoms. The second-order valence-corrected chi connectivity index (χ2v) is 5.98. The van der Waals surface area contributed by atoms with Gasteiger partial charge in [-0.15, -0.1) is 0 Å². The van der Waals surface area contributed by atoms with Crippen molar-refractivity contribution in [2.75, 3.05) is 6.54 Å². The van der Waals surface area contributed by atoms with E-state index in [2.05, 4.69) is 58.7 Å². The molecule has 0 spiro atoms. The molecule has 0 aliphatic carbocycles. The van der Waals surface area contributed by atoms with Crippen molar-refractivity contribution in [3.8, 4) is 0 Å². The van der Waals surface area contributed by atoms with E-state index < -0.39 is 0 Å². The van der Waals surface area contributed by atoms with Crippen LogP contribution in [0.15, 0.2) is 22.9 Å². The summed E-state index contributed by atoms with van der Waals surface area (Å²) >= 11 is 0. The molecule has 1 aliphatic rings. The number of hydrogen-bond acceptors (Lipinski definition) is 4. The molecule has 1 unspecified atom stereocenters. The summed E-state index contributed by atoms with van der Waals surface area (Å²) in [6.45, 7) is 9.34. The van der Waals surface area contributed by atoms with Gasteiger partial charge in [-0.2, -0.15) is 4.98 Å². The lowest BCUT2D eigenvalue weighted by atomic mass is 10.1. The molecular formula is C15H22N4O. The molecule has 1 aliphatic heterocycles. The Labute approximate surface area is 119 Å². The van der Waals surface area contributed by atoms with Gasteiger partial charge in [-0.3, -0.25) is 4.90 Å². The summed E-state index contributed by atoms with van der Waals surface area (Å²) in [5.41, 5.74) is 1.36. The van der Waals surface area contributed by atoms with Crippen molar-refractivity contribution in [1.82, 2.24) is 19.6 Å². The average Bonchev–Trinajstić information content (AvgIpc) is 3.01. The smallest absolute Gasteiger partial charge is 0.240 e. The number of nitrogens with zero attached hydrogens (tertiary/aromatic N) is 4. The van der Waals surface area contributed by atoms with E-state index in [0.717, 1.165) is 37.8 Å². The van der Waals surface area contributed by atoms with Crippen LogP contribution in [-0.2, 0) is 19.5 Å². The van der Waals surface area contributed by atoms with E-state index >= 15 is 0 Å². The molecule has 0 radical (unpaired) electrons. The summed E-state index contributed by atoms with van der Waals surface area (Å²) in [7, 11) is 0. The quantitative estimate of drug-likeness (QED) is 0.860. The highest BCUT2D eigenvalue weighted by atomic mass is 16.5. The molecule has 0 bridgehead atoms. The third kappa shape index (κ3) is 2.63. The van der Waals surface area contributed by atoms with Crippen LogP contribution in [0.25, 0.3) is 0 Å². The van der Waals surface area contributed by atoms with Crippen LogP contribution in [0.1, 0.15) is 44.2 Å². The van der Waals surface area contributed by atoms with E-state index in [1.54, 1.807) is 0 Å². The lowest BCUT2D eigenvalue weighted by Crippen LogP contribution is -2.35. The second kappa shape index (κ2) is 5.40. The van der Waals surface area contributed by atoms with Crippen LogP contribution in [0.2, 0.25) is 0 Å². The van der Waals surface area contributed by atoms with Crippen LogP contribution in [0.3, 0.4) is 0 Å². The Balaban J connectivity index is 1.68. The highest BCUT2D eigenvalue weighted by Crippen LogP contribution is 2.26. The molecule has 0 saturated heterocycles. The Morgan fingerprint density at radius 1 is 1.40 bits per heavy atom. The first-order valence-corrected chi connectivity index (χ1v) is 7.34. The first kappa shape index (κ1) is 13.4. The molecule has 0 N–H and O–H groups in total. The van der Waals surface area contributed by atoms with Crippen LogP contribution in [0, 0.1) is 5.92 Å². The largest absolute Gasteiger partial charge is 0.349 e. The Morgan fingerprint density at radius 2 is 2.25 bits per heavy atom. The number of fused-ring (bicyclic) bond motifs is 1. The van der Waals surface area contributed by atoms with Crippen molar-refractivity contribution in [2.45, 2.75) is 46.3 Å². The molecule has 1 atom stereocenters. The van der Waals surface area contributed by atoms with Crippen molar-refractivity contribution in [3.05, 3.63) is 35.7 Å². The first-order valence-electron chi connectivity index (χ1n) is 7.34. The van der Waals surface area contributed by atoms with Gasteiger partial charge in [0.2, 0.25) is 5.89 Å². The fourth-order valence-electron chi connectivity index (χ4n) is 2.82. The highest BCUT2D eigenvalue weighted by Gasteiger charge is 2.25. The third-order valence-electron chi connectivity index (χ3n) is 3.91. The summed E-state index contributed by atoms with van der Waals surface area (Å²) < 4.78 is 7.70. The Morgan fingerprint density at radius 3 is 3.05 bits per heavy atom. The molecular weight excluding hydrogens is 252 g/mol. The van der Waals surface area contributed by atoms with E-state index in [9.17, 15) is 0 Å². The number of rotatable bonds is 4. The molecule has 0 saturated carbocycles. The van der Waals surface area contributed by atoms with E-state index in [0.29, 0.717) is 12.0 Å². The molecule has 3 rings (SSSR count). The predicted molar refractivity (Wildman–Crippen MR) is 76.1 cm³/mol. The van der Waals surface area contributed by atoms with Crippen LogP contribution in [0.5, 0.6) is 0 Å². The van der Waals surface area contributed by atoms with Gasteiger partial charge < -0.3 is 9.09 Å². The summed E-state index contributed by atoms with van der Waals surface area (Å²) in [6.07, 6.45) is 3.03. The molecule has 0 fully saturated rings. The summed E-state index contributed by atoms with van der Waals surface area (Å²) in [6, 6.07) is 4.69. The van der Waals surface area contributed by atoms with Gasteiger partial charge in [0.05, 0.1) is 6.54 Å². The first-order chi connectivity index (χ1) is 9.63. The molecule has 108 valence electrons. The number of aromatic nitrogens is 3. The highest BCUT2D eigenvalue weighted by molar-refractivity contribution is 5.13. The minimum Gasteiger partial charge on any atom is -0.349 e. The van der Waals surface area contributed by atoms with E-state index in [4.69, 9.17) is 4.52 Å². The predicted octanol–water partition coefficient (Wildman–Crippen LogP) is 2.65. The minimum atomic E-state index is 0.388. The SMILES string of the molecule is CC(C)Cc1noc(CN2CCn3cccc3C2C)n1. The van der Waals surface area contributed by atoms with Crippen LogP contribution in [-0.4, -0.2) is 26.2 Å². The van der Waals surface area contributed by atoms with Gasteiger partial charge in [0, 0.05) is 37.4 Å². The fourth-order valence-corrected chi connectivity index (χ4v) is 2.82. The molecule has 5 heteroatoms. The average molecular weight is 274 g/mol. The summed E-state index contributed by atoms with van der Waals surface area (Å²) in [5.74, 6) is 2.10. The van der Waals surface area contributed by atoms with E-state index in [1.165, 1.54) is 5.69 Å². The zero-order valence-electron chi connectivity index (χ0n) is 12.4. The zero-order valence-corrected chi connectivity index (χ0v) is 12.4. The van der Waals surface area contributed by atoms with Gasteiger partial charge in [0.15, 0.2) is 5.82 Å². The van der Waals surface area contributed by atoms with Gasteiger partial charge in [0.25, 0.3) is 0 Å². The van der Waals surface area contributed by atoms with E-state index in [-0.39, 0.29) is 0 Å². The van der Waals surface area contributed by atoms with Crippen molar-refractivity contribution in [3.63, 3.8) is 0 Å². The second-order valence-electron chi connectivity index (χ2n) is 5.98. The van der Waals surface area contributed by atoms with Crippen molar-refractivity contribution < 1.29 is 4.52 Å². The molecule has 2 aromatic rings. The lowest BCUT2D eigenvalue weighted by molar-refractivity contribution is 0.141. The molecule has 0 aromatic carbocycles. The van der Waals surface area contributed by atoms with Crippen molar-refractivity contribution in [2.24, 2.45) is 5.92 Å². The van der Waals surface area contributed by atoms with Crippen LogP contribution < -0.4 is 0 Å². The Hall–Kier alpha value is -1.62. The van der Waals surface area contributed by atoms with Gasteiger partial charge >= 0.3 is 0 Å². The Kier molecular flexibility index (Phi) is 3.61. The maximum absolute atomic E-state index is 5.38. The maximum atomic E-state index is 5.38. The van der Waals surface area contributed by atoms with Gasteiger partial charge in [-0.25, -0.2) is 0 Å². The standard InChI is InChI=1S/C15H22N4O/c1-11(2)9-14-16-15(20-17-14)10-19-8-7-18-6-4-5-13(18)12(19)3/h4-6,11-12H,7-10H2,1-3H3. The molecule has 3 heterocycles. The topological polar surface area (TPSA) is 47.1 Å². The van der Waals surface area contributed by atoms with Crippen LogP contribution >= 0.6 is 0 Å². The summed E-state index contributed by atoms with van der Waals surface area (Å²) in [4.78, 5) is 6.89. The maximum Gasteiger partial charge on any atom is 0.240 e. The molecule has 0 amide bonds. The van der Waals surface area contributed by atoms with E-state index in [1.807, 2.05) is 0 Å². The van der Waals surface area contributed by atoms with Gasteiger partial charge in [-0.1, -0.05) is 19.0 Å². The zero-order chi connectivity index (χ0) is 14.1. The van der Waals surface area contributed by atoms with Gasteiger partial charge in [0.1, 0.15) is 0 Å². The Bertz CT molecular complexity index is 572. The lowest BCUT2D eigenvalue weighted by Gasteiger charge is -2.33. The fraction of sp³-hybridized carbons (Fsp3) is 0.600. The molecule has 2 aromatic heterocycles. The summed E-state index contributed by atoms with van der Waals surface area (Å²) in [5, 5.41) is 4.06. The van der Waals surface area contributed by atoms with Gasteiger partial charge in [-0.05, 0) is 25.0 Å². The normalized spacial score (nSPS) is 19.5. The molecule has 5 nitrogen and oxygen atoms in total. The van der Waals surface area contributed by atoms with Crippen molar-refractivity contribution >= 4 is 0 Å². The minimum absolute atomic E-state index is 0.388. The third-order valence-corrected chi connectivity index (χ3v) is 3.91. The number of hydrogen-bond donors (Lipinski definition) is 0. The van der Waals surface area contributed by atoms with Crippen LogP contribution in [0.4, 0.5) is 0 Å².